The number of aryl methyl sites for hydroxylation is 1. The van der Waals surface area contributed by atoms with Crippen LogP contribution in [0.15, 0.2) is 12.1 Å². The molecule has 0 N–H and O–H groups in total. The molecule has 4 atom stereocenters. The standard InChI is InChI=1S/C23H34O/c1-15-12-17(24-6)13-16-14-19-22(4)10-7-9-21(2,3)18(22)8-11-23(19,5)20(15)16/h12-13,18-19H,7-11,14H2,1-6H3/t18?,19-,22-,23+/m0/s1. The average Bonchev–Trinajstić information content (AvgIpc) is 2.80. The molecular weight excluding hydrogens is 292 g/mol. The smallest absolute Gasteiger partial charge is 0.119 e. The van der Waals surface area contributed by atoms with Crippen LogP contribution in [0.2, 0.25) is 0 Å². The molecule has 132 valence electrons. The van der Waals surface area contributed by atoms with Crippen molar-refractivity contribution < 1.29 is 4.74 Å². The van der Waals surface area contributed by atoms with E-state index in [2.05, 4.69) is 46.8 Å². The molecule has 2 fully saturated rings. The first kappa shape index (κ1) is 16.5. The molecule has 1 aromatic carbocycles. The molecule has 1 unspecified atom stereocenters. The Morgan fingerprint density at radius 3 is 2.46 bits per heavy atom. The van der Waals surface area contributed by atoms with Crippen LogP contribution in [-0.4, -0.2) is 7.11 Å². The zero-order valence-corrected chi connectivity index (χ0v) is 16.5. The third-order valence-corrected chi connectivity index (χ3v) is 8.41. The van der Waals surface area contributed by atoms with E-state index in [9.17, 15) is 0 Å². The van der Waals surface area contributed by atoms with E-state index in [4.69, 9.17) is 4.74 Å². The van der Waals surface area contributed by atoms with Gasteiger partial charge in [-0.1, -0.05) is 34.1 Å². The van der Waals surface area contributed by atoms with E-state index in [1.54, 1.807) is 18.2 Å². The summed E-state index contributed by atoms with van der Waals surface area (Å²) in [6.45, 7) is 12.6. The van der Waals surface area contributed by atoms with E-state index >= 15 is 0 Å². The Hall–Kier alpha value is -0.980. The number of methoxy groups -OCH3 is 1. The van der Waals surface area contributed by atoms with Gasteiger partial charge in [0.2, 0.25) is 0 Å². The molecule has 0 aromatic heterocycles. The van der Waals surface area contributed by atoms with Crippen molar-refractivity contribution in [2.75, 3.05) is 7.11 Å². The monoisotopic (exact) mass is 326 g/mol. The molecule has 0 amide bonds. The summed E-state index contributed by atoms with van der Waals surface area (Å²) in [7, 11) is 1.80. The van der Waals surface area contributed by atoms with Gasteiger partial charge in [0.05, 0.1) is 7.11 Å². The fraction of sp³-hybridized carbons (Fsp3) is 0.739. The number of benzene rings is 1. The minimum Gasteiger partial charge on any atom is -0.497 e. The molecule has 0 aliphatic heterocycles. The number of hydrogen-bond acceptors (Lipinski definition) is 1. The Morgan fingerprint density at radius 1 is 1.00 bits per heavy atom. The molecular formula is C23H34O. The second-order valence-corrected chi connectivity index (χ2v) is 10.1. The van der Waals surface area contributed by atoms with E-state index in [0.717, 1.165) is 17.6 Å². The first-order valence-corrected chi connectivity index (χ1v) is 9.90. The highest BCUT2D eigenvalue weighted by Crippen LogP contribution is 2.67. The van der Waals surface area contributed by atoms with Gasteiger partial charge < -0.3 is 4.74 Å². The highest BCUT2D eigenvalue weighted by molar-refractivity contribution is 5.51. The predicted molar refractivity (Wildman–Crippen MR) is 101 cm³/mol. The molecule has 1 nitrogen and oxygen atoms in total. The maximum Gasteiger partial charge on any atom is 0.119 e. The van der Waals surface area contributed by atoms with Gasteiger partial charge in [-0.05, 0) is 95.9 Å². The van der Waals surface area contributed by atoms with Gasteiger partial charge in [0.15, 0.2) is 0 Å². The summed E-state index contributed by atoms with van der Waals surface area (Å²) in [5.74, 6) is 2.72. The lowest BCUT2D eigenvalue weighted by atomic mass is 9.43. The van der Waals surface area contributed by atoms with E-state index in [0.29, 0.717) is 16.2 Å². The minimum atomic E-state index is 0.365. The van der Waals surface area contributed by atoms with Crippen LogP contribution in [0, 0.1) is 29.6 Å². The van der Waals surface area contributed by atoms with Crippen molar-refractivity contribution in [1.29, 1.82) is 0 Å². The van der Waals surface area contributed by atoms with Gasteiger partial charge in [0.25, 0.3) is 0 Å². The second-order valence-electron chi connectivity index (χ2n) is 10.1. The van der Waals surface area contributed by atoms with Crippen LogP contribution >= 0.6 is 0 Å². The van der Waals surface area contributed by atoms with Gasteiger partial charge in [-0.3, -0.25) is 0 Å². The van der Waals surface area contributed by atoms with Crippen LogP contribution in [0.3, 0.4) is 0 Å². The minimum absolute atomic E-state index is 0.365. The molecule has 0 spiro atoms. The first-order valence-electron chi connectivity index (χ1n) is 9.90. The number of rotatable bonds is 1. The Kier molecular flexibility index (Phi) is 3.45. The summed E-state index contributed by atoms with van der Waals surface area (Å²) < 4.78 is 5.57. The maximum atomic E-state index is 5.57. The van der Waals surface area contributed by atoms with Crippen molar-refractivity contribution in [3.05, 3.63) is 28.8 Å². The van der Waals surface area contributed by atoms with Crippen molar-refractivity contribution in [3.63, 3.8) is 0 Å². The van der Waals surface area contributed by atoms with E-state index in [1.165, 1.54) is 44.1 Å². The van der Waals surface area contributed by atoms with Crippen molar-refractivity contribution in [1.82, 2.24) is 0 Å². The van der Waals surface area contributed by atoms with Gasteiger partial charge in [-0.2, -0.15) is 0 Å². The Bertz CT molecular complexity index is 673. The predicted octanol–water partition coefficient (Wildman–Crippen LogP) is 6.06. The van der Waals surface area contributed by atoms with Crippen molar-refractivity contribution >= 4 is 0 Å². The highest BCUT2D eigenvalue weighted by Gasteiger charge is 2.61. The number of hydrogen-bond donors (Lipinski definition) is 0. The average molecular weight is 327 g/mol. The van der Waals surface area contributed by atoms with Gasteiger partial charge in [0, 0.05) is 0 Å². The maximum absolute atomic E-state index is 5.57. The fourth-order valence-corrected chi connectivity index (χ4v) is 7.55. The summed E-state index contributed by atoms with van der Waals surface area (Å²) in [4.78, 5) is 0. The van der Waals surface area contributed by atoms with Gasteiger partial charge >= 0.3 is 0 Å². The van der Waals surface area contributed by atoms with Crippen LogP contribution in [-0.2, 0) is 11.8 Å². The summed E-state index contributed by atoms with van der Waals surface area (Å²) >= 11 is 0. The lowest BCUT2D eigenvalue weighted by Crippen LogP contribution is -2.55. The normalized spacial score (nSPS) is 39.8. The molecule has 24 heavy (non-hydrogen) atoms. The van der Waals surface area contributed by atoms with Gasteiger partial charge in [-0.15, -0.1) is 0 Å². The molecule has 1 heteroatoms. The third-order valence-electron chi connectivity index (χ3n) is 8.41. The van der Waals surface area contributed by atoms with Crippen molar-refractivity contribution in [3.8, 4) is 5.75 Å². The van der Waals surface area contributed by atoms with Crippen molar-refractivity contribution in [2.24, 2.45) is 22.7 Å². The topological polar surface area (TPSA) is 9.23 Å². The Labute approximate surface area is 148 Å². The second kappa shape index (κ2) is 5.02. The Balaban J connectivity index is 1.82. The third kappa shape index (κ3) is 1.99. The largest absolute Gasteiger partial charge is 0.497 e. The number of ether oxygens (including phenoxy) is 1. The van der Waals surface area contributed by atoms with Crippen LogP contribution in [0.25, 0.3) is 0 Å². The molecule has 2 saturated carbocycles. The van der Waals surface area contributed by atoms with E-state index in [1.807, 2.05) is 0 Å². The lowest BCUT2D eigenvalue weighted by molar-refractivity contribution is -0.0983. The zero-order chi connectivity index (χ0) is 17.3. The molecule has 0 bridgehead atoms. The summed E-state index contributed by atoms with van der Waals surface area (Å²) in [6.07, 6.45) is 8.27. The SMILES string of the molecule is COc1cc(C)c2c(c1)C[C@@H]1[C@@]2(C)CCC2C(C)(C)CCC[C@@]21C. The first-order chi connectivity index (χ1) is 11.2. The van der Waals surface area contributed by atoms with E-state index in [-0.39, 0.29) is 0 Å². The summed E-state index contributed by atoms with van der Waals surface area (Å²) in [6, 6.07) is 4.59. The molecule has 3 aliphatic carbocycles. The lowest BCUT2D eigenvalue weighted by Gasteiger charge is -2.61. The fourth-order valence-electron chi connectivity index (χ4n) is 7.55. The van der Waals surface area contributed by atoms with E-state index < -0.39 is 0 Å². The van der Waals surface area contributed by atoms with Crippen LogP contribution < -0.4 is 4.74 Å². The van der Waals surface area contributed by atoms with Gasteiger partial charge in [-0.25, -0.2) is 0 Å². The number of fused-ring (bicyclic) bond motifs is 5. The highest BCUT2D eigenvalue weighted by atomic mass is 16.5. The Morgan fingerprint density at radius 2 is 1.75 bits per heavy atom. The molecule has 3 aliphatic rings. The quantitative estimate of drug-likeness (QED) is 0.609. The van der Waals surface area contributed by atoms with Crippen LogP contribution in [0.4, 0.5) is 0 Å². The van der Waals surface area contributed by atoms with Crippen LogP contribution in [0.1, 0.15) is 76.5 Å². The van der Waals surface area contributed by atoms with Gasteiger partial charge in [0.1, 0.15) is 5.75 Å². The van der Waals surface area contributed by atoms with Crippen molar-refractivity contribution in [2.45, 2.75) is 78.6 Å². The zero-order valence-electron chi connectivity index (χ0n) is 16.5. The molecule has 1 aromatic rings. The summed E-state index contributed by atoms with van der Waals surface area (Å²) in [5, 5.41) is 0. The molecule has 0 heterocycles. The van der Waals surface area contributed by atoms with Crippen LogP contribution in [0.5, 0.6) is 5.75 Å². The summed E-state index contributed by atoms with van der Waals surface area (Å²) in [5.41, 5.74) is 6.06. The molecule has 0 saturated heterocycles. The molecule has 0 radical (unpaired) electrons. The molecule has 4 rings (SSSR count).